The van der Waals surface area contributed by atoms with Gasteiger partial charge in [0.05, 0.1) is 6.61 Å². The summed E-state index contributed by atoms with van der Waals surface area (Å²) in [5, 5.41) is 0. The largest absolute Gasteiger partial charge is 0.493 e. The van der Waals surface area contributed by atoms with E-state index in [0.717, 1.165) is 43.1 Å². The van der Waals surface area contributed by atoms with Crippen molar-refractivity contribution in [3.8, 4) is 11.5 Å². The number of benzene rings is 1. The van der Waals surface area contributed by atoms with Gasteiger partial charge in [-0.2, -0.15) is 0 Å². The second-order valence-corrected chi connectivity index (χ2v) is 5.45. The predicted molar refractivity (Wildman–Crippen MR) is 83.6 cm³/mol. The number of rotatable bonds is 9. The van der Waals surface area contributed by atoms with Crippen molar-refractivity contribution in [2.24, 2.45) is 5.73 Å². The van der Waals surface area contributed by atoms with E-state index in [-0.39, 0.29) is 6.04 Å². The second-order valence-electron chi connectivity index (χ2n) is 5.45. The Bertz CT molecular complexity index is 392. The number of hydrogen-bond acceptors (Lipinski definition) is 4. The van der Waals surface area contributed by atoms with Crippen molar-refractivity contribution < 1.29 is 9.47 Å². The SMILES string of the molecule is CCCOc1ccc(CC(C)N)c(OCCN(C)C)c1. The minimum atomic E-state index is 0.119. The number of nitrogens with zero attached hydrogens (tertiary/aromatic N) is 1. The molecule has 20 heavy (non-hydrogen) atoms. The van der Waals surface area contributed by atoms with Crippen LogP contribution in [0.4, 0.5) is 0 Å². The molecular weight excluding hydrogens is 252 g/mol. The van der Waals surface area contributed by atoms with E-state index in [1.54, 1.807) is 0 Å². The Labute approximate surface area is 122 Å². The molecule has 0 amide bonds. The molecule has 0 aromatic heterocycles. The summed E-state index contributed by atoms with van der Waals surface area (Å²) in [6, 6.07) is 6.14. The lowest BCUT2D eigenvalue weighted by Gasteiger charge is -2.16. The van der Waals surface area contributed by atoms with Crippen molar-refractivity contribution in [3.63, 3.8) is 0 Å². The van der Waals surface area contributed by atoms with Crippen molar-refractivity contribution in [2.75, 3.05) is 33.9 Å². The average Bonchev–Trinajstić information content (AvgIpc) is 2.37. The van der Waals surface area contributed by atoms with Crippen molar-refractivity contribution in [1.82, 2.24) is 4.90 Å². The molecule has 114 valence electrons. The fraction of sp³-hybridized carbons (Fsp3) is 0.625. The lowest BCUT2D eigenvalue weighted by molar-refractivity contribution is 0.256. The fourth-order valence-corrected chi connectivity index (χ4v) is 1.83. The molecule has 4 nitrogen and oxygen atoms in total. The maximum absolute atomic E-state index is 5.89. The van der Waals surface area contributed by atoms with Gasteiger partial charge < -0.3 is 20.1 Å². The summed E-state index contributed by atoms with van der Waals surface area (Å²) in [7, 11) is 4.07. The van der Waals surface area contributed by atoms with Crippen LogP contribution in [0.2, 0.25) is 0 Å². The maximum atomic E-state index is 5.89. The molecule has 0 heterocycles. The molecule has 0 aliphatic rings. The van der Waals surface area contributed by atoms with Crippen molar-refractivity contribution in [1.29, 1.82) is 0 Å². The predicted octanol–water partition coefficient (Wildman–Crippen LogP) is 2.31. The number of nitrogens with two attached hydrogens (primary N) is 1. The average molecular weight is 280 g/mol. The van der Waals surface area contributed by atoms with Gasteiger partial charge in [0.1, 0.15) is 18.1 Å². The molecule has 1 aromatic rings. The fourth-order valence-electron chi connectivity index (χ4n) is 1.83. The summed E-state index contributed by atoms with van der Waals surface area (Å²) in [4.78, 5) is 2.10. The third-order valence-corrected chi connectivity index (χ3v) is 2.85. The first-order valence-electron chi connectivity index (χ1n) is 7.31. The summed E-state index contributed by atoms with van der Waals surface area (Å²) in [5.74, 6) is 1.75. The molecule has 0 radical (unpaired) electrons. The summed E-state index contributed by atoms with van der Waals surface area (Å²) >= 11 is 0. The Balaban J connectivity index is 2.76. The molecule has 1 rings (SSSR count). The van der Waals surface area contributed by atoms with Crippen LogP contribution in [-0.4, -0.2) is 44.8 Å². The highest BCUT2D eigenvalue weighted by molar-refractivity contribution is 5.41. The second kappa shape index (κ2) is 8.82. The van der Waals surface area contributed by atoms with Crippen molar-refractivity contribution in [3.05, 3.63) is 23.8 Å². The lowest BCUT2D eigenvalue weighted by atomic mass is 10.1. The summed E-state index contributed by atoms with van der Waals surface area (Å²) in [6.07, 6.45) is 1.81. The van der Waals surface area contributed by atoms with Gasteiger partial charge in [-0.1, -0.05) is 13.0 Å². The van der Waals surface area contributed by atoms with E-state index in [9.17, 15) is 0 Å². The highest BCUT2D eigenvalue weighted by Crippen LogP contribution is 2.26. The van der Waals surface area contributed by atoms with Crippen molar-refractivity contribution >= 4 is 0 Å². The summed E-state index contributed by atoms with van der Waals surface area (Å²) < 4.78 is 11.6. The first-order valence-corrected chi connectivity index (χ1v) is 7.31. The van der Waals surface area contributed by atoms with Crippen LogP contribution in [0.3, 0.4) is 0 Å². The third kappa shape index (κ3) is 6.26. The Morgan fingerprint density at radius 2 is 1.95 bits per heavy atom. The zero-order valence-corrected chi connectivity index (χ0v) is 13.2. The van der Waals surface area contributed by atoms with E-state index in [0.29, 0.717) is 6.61 Å². The number of hydrogen-bond donors (Lipinski definition) is 1. The van der Waals surface area contributed by atoms with Gasteiger partial charge in [-0.25, -0.2) is 0 Å². The smallest absolute Gasteiger partial charge is 0.126 e. The van der Waals surface area contributed by atoms with Gasteiger partial charge in [-0.05, 0) is 45.5 Å². The maximum Gasteiger partial charge on any atom is 0.126 e. The third-order valence-electron chi connectivity index (χ3n) is 2.85. The monoisotopic (exact) mass is 280 g/mol. The molecule has 0 saturated carbocycles. The normalized spacial score (nSPS) is 12.5. The Kier molecular flexibility index (Phi) is 7.41. The quantitative estimate of drug-likeness (QED) is 0.754. The number of ether oxygens (including phenoxy) is 2. The molecule has 1 atom stereocenters. The van der Waals surface area contributed by atoms with Crippen molar-refractivity contribution in [2.45, 2.75) is 32.7 Å². The van der Waals surface area contributed by atoms with Crippen LogP contribution >= 0.6 is 0 Å². The summed E-state index contributed by atoms with van der Waals surface area (Å²) in [5.41, 5.74) is 7.03. The minimum Gasteiger partial charge on any atom is -0.493 e. The number of likely N-dealkylation sites (N-methyl/N-ethyl adjacent to an activating group) is 1. The lowest BCUT2D eigenvalue weighted by Crippen LogP contribution is -2.21. The van der Waals surface area contributed by atoms with Crippen LogP contribution in [0.1, 0.15) is 25.8 Å². The van der Waals surface area contributed by atoms with Gasteiger partial charge in [0.2, 0.25) is 0 Å². The van der Waals surface area contributed by atoms with Crippen LogP contribution in [0.15, 0.2) is 18.2 Å². The molecule has 2 N–H and O–H groups in total. The van der Waals surface area contributed by atoms with Gasteiger partial charge in [-0.15, -0.1) is 0 Å². The van der Waals surface area contributed by atoms with Crippen LogP contribution < -0.4 is 15.2 Å². The van der Waals surface area contributed by atoms with E-state index in [1.807, 2.05) is 33.2 Å². The van der Waals surface area contributed by atoms with E-state index in [4.69, 9.17) is 15.2 Å². The Morgan fingerprint density at radius 1 is 1.20 bits per heavy atom. The first kappa shape index (κ1) is 16.8. The zero-order chi connectivity index (χ0) is 15.0. The van der Waals surface area contributed by atoms with Gasteiger partial charge in [0.15, 0.2) is 0 Å². The first-order chi connectivity index (χ1) is 9.52. The van der Waals surface area contributed by atoms with Gasteiger partial charge >= 0.3 is 0 Å². The highest BCUT2D eigenvalue weighted by atomic mass is 16.5. The molecule has 0 saturated heterocycles. The molecule has 0 aliphatic carbocycles. The molecule has 0 bridgehead atoms. The van der Waals surface area contributed by atoms with Gasteiger partial charge in [0, 0.05) is 18.7 Å². The molecule has 1 aromatic carbocycles. The Morgan fingerprint density at radius 3 is 2.55 bits per heavy atom. The van der Waals surface area contributed by atoms with E-state index in [1.165, 1.54) is 0 Å². The van der Waals surface area contributed by atoms with E-state index < -0.39 is 0 Å². The standard InChI is InChI=1S/C16H28N2O2/c1-5-9-19-15-7-6-14(11-13(2)17)16(12-15)20-10-8-18(3)4/h6-7,12-13H,5,8-11,17H2,1-4H3. The zero-order valence-electron chi connectivity index (χ0n) is 13.2. The van der Waals surface area contributed by atoms with E-state index in [2.05, 4.69) is 17.9 Å². The van der Waals surface area contributed by atoms with Gasteiger partial charge in [-0.3, -0.25) is 0 Å². The van der Waals surface area contributed by atoms with Crippen LogP contribution in [0.5, 0.6) is 11.5 Å². The molecule has 4 heteroatoms. The minimum absolute atomic E-state index is 0.119. The molecule has 0 fully saturated rings. The van der Waals surface area contributed by atoms with Crippen LogP contribution in [0, 0.1) is 0 Å². The molecule has 1 unspecified atom stereocenters. The van der Waals surface area contributed by atoms with Gasteiger partial charge in [0.25, 0.3) is 0 Å². The molecule has 0 aliphatic heterocycles. The van der Waals surface area contributed by atoms with Crippen LogP contribution in [-0.2, 0) is 6.42 Å². The van der Waals surface area contributed by atoms with E-state index >= 15 is 0 Å². The topological polar surface area (TPSA) is 47.7 Å². The van der Waals surface area contributed by atoms with Crippen LogP contribution in [0.25, 0.3) is 0 Å². The summed E-state index contributed by atoms with van der Waals surface area (Å²) in [6.45, 7) is 6.38. The molecular formula is C16H28N2O2. The molecule has 0 spiro atoms. The Hall–Kier alpha value is -1.26. The highest BCUT2D eigenvalue weighted by Gasteiger charge is 2.08.